The van der Waals surface area contributed by atoms with Crippen LogP contribution in [-0.2, 0) is 0 Å². The summed E-state index contributed by atoms with van der Waals surface area (Å²) in [5.74, 6) is -0.303. The fourth-order valence-corrected chi connectivity index (χ4v) is 2.45. The number of aromatic nitrogens is 2. The van der Waals surface area contributed by atoms with E-state index < -0.39 is 0 Å². The van der Waals surface area contributed by atoms with Crippen molar-refractivity contribution in [2.45, 2.75) is 27.7 Å². The van der Waals surface area contributed by atoms with E-state index in [0.29, 0.717) is 24.3 Å². The Kier molecular flexibility index (Phi) is 4.40. The van der Waals surface area contributed by atoms with Gasteiger partial charge in [0, 0.05) is 13.1 Å². The SMILES string of the molecule is CCN(CC)C(=O)c1c(C)nn(-c2ccc(F)cc2)c1C. The Morgan fingerprint density at radius 3 is 2.29 bits per heavy atom. The third-order valence-electron chi connectivity index (χ3n) is 3.63. The predicted molar refractivity (Wildman–Crippen MR) is 80.2 cm³/mol. The number of hydrogen-bond acceptors (Lipinski definition) is 2. The second-order valence-electron chi connectivity index (χ2n) is 4.91. The molecule has 1 aromatic carbocycles. The molecule has 5 heteroatoms. The van der Waals surface area contributed by atoms with Gasteiger partial charge in [0.2, 0.25) is 0 Å². The van der Waals surface area contributed by atoms with E-state index >= 15 is 0 Å². The van der Waals surface area contributed by atoms with E-state index in [2.05, 4.69) is 5.10 Å². The monoisotopic (exact) mass is 289 g/mol. The average molecular weight is 289 g/mol. The summed E-state index contributed by atoms with van der Waals surface area (Å²) in [5, 5.41) is 4.43. The van der Waals surface area contributed by atoms with Gasteiger partial charge in [0.05, 0.1) is 22.6 Å². The summed E-state index contributed by atoms with van der Waals surface area (Å²) < 4.78 is 14.7. The highest BCUT2D eigenvalue weighted by molar-refractivity contribution is 5.96. The third-order valence-corrected chi connectivity index (χ3v) is 3.63. The Labute approximate surface area is 124 Å². The normalized spacial score (nSPS) is 10.7. The minimum atomic E-state index is -0.292. The van der Waals surface area contributed by atoms with Gasteiger partial charge in [0.15, 0.2) is 0 Å². The van der Waals surface area contributed by atoms with Crippen LogP contribution in [-0.4, -0.2) is 33.7 Å². The van der Waals surface area contributed by atoms with Crippen LogP contribution in [0.2, 0.25) is 0 Å². The van der Waals surface area contributed by atoms with E-state index in [-0.39, 0.29) is 11.7 Å². The van der Waals surface area contributed by atoms with Crippen molar-refractivity contribution in [3.05, 3.63) is 47.0 Å². The summed E-state index contributed by atoms with van der Waals surface area (Å²) in [7, 11) is 0. The molecule has 0 N–H and O–H groups in total. The Morgan fingerprint density at radius 1 is 1.19 bits per heavy atom. The molecule has 0 atom stereocenters. The third kappa shape index (κ3) is 2.82. The van der Waals surface area contributed by atoms with Crippen molar-refractivity contribution in [1.29, 1.82) is 0 Å². The van der Waals surface area contributed by atoms with Crippen LogP contribution in [0.5, 0.6) is 0 Å². The van der Waals surface area contributed by atoms with Gasteiger partial charge >= 0.3 is 0 Å². The number of halogens is 1. The molecule has 2 rings (SSSR count). The number of hydrogen-bond donors (Lipinski definition) is 0. The van der Waals surface area contributed by atoms with Crippen LogP contribution < -0.4 is 0 Å². The maximum Gasteiger partial charge on any atom is 0.257 e. The molecule has 0 unspecified atom stereocenters. The molecule has 0 bridgehead atoms. The highest BCUT2D eigenvalue weighted by Crippen LogP contribution is 2.20. The van der Waals surface area contributed by atoms with E-state index in [9.17, 15) is 9.18 Å². The van der Waals surface area contributed by atoms with Gasteiger partial charge < -0.3 is 4.90 Å². The van der Waals surface area contributed by atoms with E-state index in [1.165, 1.54) is 12.1 Å². The van der Waals surface area contributed by atoms with Gasteiger partial charge in [-0.3, -0.25) is 4.79 Å². The van der Waals surface area contributed by atoms with Crippen molar-refractivity contribution in [2.75, 3.05) is 13.1 Å². The molecule has 0 saturated heterocycles. The number of nitrogens with zero attached hydrogens (tertiary/aromatic N) is 3. The van der Waals surface area contributed by atoms with Gasteiger partial charge in [-0.05, 0) is 52.0 Å². The first-order valence-electron chi connectivity index (χ1n) is 7.11. The minimum Gasteiger partial charge on any atom is -0.339 e. The standard InChI is InChI=1S/C16H20FN3O/c1-5-19(6-2)16(21)15-11(3)18-20(12(15)4)14-9-7-13(17)8-10-14/h7-10H,5-6H2,1-4H3. The van der Waals surface area contributed by atoms with Crippen molar-refractivity contribution in [3.8, 4) is 5.69 Å². The zero-order valence-corrected chi connectivity index (χ0v) is 12.9. The topological polar surface area (TPSA) is 38.1 Å². The van der Waals surface area contributed by atoms with Crippen LogP contribution in [0.3, 0.4) is 0 Å². The highest BCUT2D eigenvalue weighted by Gasteiger charge is 2.22. The number of carbonyl (C=O) groups excluding carboxylic acids is 1. The molecule has 0 spiro atoms. The summed E-state index contributed by atoms with van der Waals surface area (Å²) in [6, 6.07) is 6.08. The van der Waals surface area contributed by atoms with Crippen molar-refractivity contribution >= 4 is 5.91 Å². The minimum absolute atomic E-state index is 0.0108. The molecule has 0 aliphatic carbocycles. The Hall–Kier alpha value is -2.17. The lowest BCUT2D eigenvalue weighted by atomic mass is 10.1. The lowest BCUT2D eigenvalue weighted by molar-refractivity contribution is 0.0771. The Balaban J connectivity index is 2.47. The van der Waals surface area contributed by atoms with Gasteiger partial charge in [-0.25, -0.2) is 9.07 Å². The number of amides is 1. The van der Waals surface area contributed by atoms with Crippen molar-refractivity contribution < 1.29 is 9.18 Å². The molecular formula is C16H20FN3O. The first-order chi connectivity index (χ1) is 9.99. The first kappa shape index (κ1) is 15.2. The molecule has 0 saturated carbocycles. The molecule has 0 fully saturated rings. The van der Waals surface area contributed by atoms with Crippen LogP contribution in [0.4, 0.5) is 4.39 Å². The van der Waals surface area contributed by atoms with Gasteiger partial charge in [0.1, 0.15) is 5.82 Å². The number of aryl methyl sites for hydroxylation is 1. The Bertz CT molecular complexity index is 642. The van der Waals surface area contributed by atoms with Crippen LogP contribution in [0.1, 0.15) is 35.6 Å². The zero-order valence-electron chi connectivity index (χ0n) is 12.9. The quantitative estimate of drug-likeness (QED) is 0.867. The van der Waals surface area contributed by atoms with Crippen LogP contribution in [0.25, 0.3) is 5.69 Å². The maximum atomic E-state index is 13.0. The molecule has 0 aliphatic heterocycles. The van der Waals surface area contributed by atoms with Crippen LogP contribution in [0.15, 0.2) is 24.3 Å². The molecule has 1 aromatic heterocycles. The number of benzene rings is 1. The smallest absolute Gasteiger partial charge is 0.257 e. The van der Waals surface area contributed by atoms with Crippen LogP contribution >= 0.6 is 0 Å². The maximum absolute atomic E-state index is 13.0. The summed E-state index contributed by atoms with van der Waals surface area (Å²) in [6.45, 7) is 8.92. The molecule has 112 valence electrons. The van der Waals surface area contributed by atoms with Crippen molar-refractivity contribution in [3.63, 3.8) is 0 Å². The summed E-state index contributed by atoms with van der Waals surface area (Å²) in [5.41, 5.74) is 2.84. The molecule has 1 heterocycles. The fourth-order valence-electron chi connectivity index (χ4n) is 2.45. The summed E-state index contributed by atoms with van der Waals surface area (Å²) >= 11 is 0. The van der Waals surface area contributed by atoms with Gasteiger partial charge in [-0.1, -0.05) is 0 Å². The number of carbonyl (C=O) groups is 1. The molecule has 4 nitrogen and oxygen atoms in total. The van der Waals surface area contributed by atoms with Crippen LogP contribution in [0, 0.1) is 19.7 Å². The molecule has 2 aromatic rings. The highest BCUT2D eigenvalue weighted by atomic mass is 19.1. The largest absolute Gasteiger partial charge is 0.339 e. The van der Waals surface area contributed by atoms with E-state index in [1.807, 2.05) is 27.7 Å². The molecule has 0 radical (unpaired) electrons. The summed E-state index contributed by atoms with van der Waals surface area (Å²) in [4.78, 5) is 14.3. The van der Waals surface area contributed by atoms with Gasteiger partial charge in [-0.15, -0.1) is 0 Å². The first-order valence-corrected chi connectivity index (χ1v) is 7.11. The van der Waals surface area contributed by atoms with Crippen molar-refractivity contribution in [2.24, 2.45) is 0 Å². The van der Waals surface area contributed by atoms with Crippen molar-refractivity contribution in [1.82, 2.24) is 14.7 Å². The summed E-state index contributed by atoms with van der Waals surface area (Å²) in [6.07, 6.45) is 0. The Morgan fingerprint density at radius 2 is 1.76 bits per heavy atom. The molecular weight excluding hydrogens is 269 g/mol. The zero-order chi connectivity index (χ0) is 15.6. The predicted octanol–water partition coefficient (Wildman–Crippen LogP) is 3.11. The lowest BCUT2D eigenvalue weighted by Gasteiger charge is -2.18. The molecule has 0 aliphatic rings. The fraction of sp³-hybridized carbons (Fsp3) is 0.375. The second-order valence-corrected chi connectivity index (χ2v) is 4.91. The van der Waals surface area contributed by atoms with E-state index in [0.717, 1.165) is 11.4 Å². The van der Waals surface area contributed by atoms with Gasteiger partial charge in [0.25, 0.3) is 5.91 Å². The van der Waals surface area contributed by atoms with E-state index in [1.54, 1.807) is 21.7 Å². The van der Waals surface area contributed by atoms with E-state index in [4.69, 9.17) is 0 Å². The lowest BCUT2D eigenvalue weighted by Crippen LogP contribution is -2.31. The average Bonchev–Trinajstić information content (AvgIpc) is 2.76. The number of rotatable bonds is 4. The van der Waals surface area contributed by atoms with Gasteiger partial charge in [-0.2, -0.15) is 5.10 Å². The molecule has 21 heavy (non-hydrogen) atoms. The molecule has 1 amide bonds. The second kappa shape index (κ2) is 6.08.